The van der Waals surface area contributed by atoms with E-state index in [-0.39, 0.29) is 0 Å². The van der Waals surface area contributed by atoms with Crippen LogP contribution in [0.1, 0.15) is 32.6 Å². The highest BCUT2D eigenvalue weighted by Crippen LogP contribution is 1.97. The number of rotatable bonds is 5. The number of hydrogen-bond acceptors (Lipinski definition) is 4. The van der Waals surface area contributed by atoms with E-state index in [2.05, 4.69) is 5.29 Å². The van der Waals surface area contributed by atoms with Crippen LogP contribution in [0.5, 0.6) is 0 Å². The number of urea groups is 1. The molecule has 0 saturated carbocycles. The zero-order valence-corrected chi connectivity index (χ0v) is 7.50. The third-order valence-corrected chi connectivity index (χ3v) is 1.41. The Hall–Kier alpha value is -1.46. The number of unbranched alkanes of at least 4 members (excludes halogenated alkanes) is 2. The fraction of sp³-hybridized carbons (Fsp3) is 0.714. The lowest BCUT2D eigenvalue weighted by Crippen LogP contribution is -2.36. The van der Waals surface area contributed by atoms with Crippen LogP contribution in [-0.4, -0.2) is 11.9 Å². The molecule has 6 nitrogen and oxygen atoms in total. The molecule has 0 spiro atoms. The molecule has 0 fully saturated rings. The Bertz CT molecular complexity index is 193. The van der Waals surface area contributed by atoms with E-state index < -0.39 is 11.9 Å². The van der Waals surface area contributed by atoms with Crippen LogP contribution in [0.4, 0.5) is 4.79 Å². The van der Waals surface area contributed by atoms with Crippen molar-refractivity contribution in [1.82, 2.24) is 10.7 Å². The average molecular weight is 187 g/mol. The maximum atomic E-state index is 10.9. The topological polar surface area (TPSA) is 87.6 Å². The summed E-state index contributed by atoms with van der Waals surface area (Å²) in [5.41, 5.74) is 1.57. The summed E-state index contributed by atoms with van der Waals surface area (Å²) in [4.78, 5) is 31.0. The van der Waals surface area contributed by atoms with Crippen molar-refractivity contribution in [2.75, 3.05) is 0 Å². The summed E-state index contributed by atoms with van der Waals surface area (Å²) in [6.45, 7) is 2.01. The van der Waals surface area contributed by atoms with E-state index in [1.807, 2.05) is 12.2 Å². The van der Waals surface area contributed by atoms with Crippen molar-refractivity contribution in [1.29, 1.82) is 0 Å². The van der Waals surface area contributed by atoms with Crippen LogP contribution in [0.3, 0.4) is 0 Å². The summed E-state index contributed by atoms with van der Waals surface area (Å²) in [6.07, 6.45) is 2.99. The van der Waals surface area contributed by atoms with E-state index in [1.54, 1.807) is 5.43 Å². The smallest absolute Gasteiger partial charge is 0.277 e. The van der Waals surface area contributed by atoms with Crippen LogP contribution < -0.4 is 10.7 Å². The minimum absolute atomic E-state index is 0.292. The summed E-state index contributed by atoms with van der Waals surface area (Å²) < 4.78 is 0. The molecule has 74 valence electrons. The van der Waals surface area contributed by atoms with Crippen LogP contribution in [-0.2, 0) is 4.79 Å². The van der Waals surface area contributed by atoms with Gasteiger partial charge in [-0.2, -0.15) is 5.43 Å². The van der Waals surface area contributed by atoms with Crippen LogP contribution in [0.15, 0.2) is 5.29 Å². The van der Waals surface area contributed by atoms with Gasteiger partial charge in [-0.3, -0.25) is 10.1 Å². The van der Waals surface area contributed by atoms with Gasteiger partial charge in [0.05, 0.1) is 5.29 Å². The monoisotopic (exact) mass is 187 g/mol. The van der Waals surface area contributed by atoms with Gasteiger partial charge in [0, 0.05) is 6.42 Å². The van der Waals surface area contributed by atoms with Crippen LogP contribution in [0, 0.1) is 4.91 Å². The fourth-order valence-corrected chi connectivity index (χ4v) is 0.794. The second kappa shape index (κ2) is 7.20. The molecule has 0 radical (unpaired) electrons. The molecular weight excluding hydrogens is 174 g/mol. The van der Waals surface area contributed by atoms with Gasteiger partial charge in [0.2, 0.25) is 5.91 Å². The SMILES string of the molecule is CCCCCC(=O)NC(=O)NN=O. The first-order valence-electron chi connectivity index (χ1n) is 4.13. The van der Waals surface area contributed by atoms with Gasteiger partial charge < -0.3 is 0 Å². The molecule has 0 unspecified atom stereocenters. The summed E-state index contributed by atoms with van der Waals surface area (Å²) in [5, 5.41) is 4.08. The van der Waals surface area contributed by atoms with Crippen molar-refractivity contribution >= 4 is 11.9 Å². The Morgan fingerprint density at radius 3 is 2.54 bits per heavy atom. The molecule has 13 heavy (non-hydrogen) atoms. The number of carbonyl (C=O) groups is 2. The lowest BCUT2D eigenvalue weighted by molar-refractivity contribution is -0.120. The lowest BCUT2D eigenvalue weighted by atomic mass is 10.2. The Balaban J connectivity index is 3.49. The van der Waals surface area contributed by atoms with Crippen molar-refractivity contribution in [3.8, 4) is 0 Å². The summed E-state index contributed by atoms with van der Waals surface area (Å²) in [6, 6.07) is -0.878. The highest BCUT2D eigenvalue weighted by molar-refractivity contribution is 5.93. The predicted molar refractivity (Wildman–Crippen MR) is 46.6 cm³/mol. The van der Waals surface area contributed by atoms with Crippen molar-refractivity contribution in [2.24, 2.45) is 5.29 Å². The van der Waals surface area contributed by atoms with Crippen molar-refractivity contribution in [2.45, 2.75) is 32.6 Å². The number of carbonyl (C=O) groups excluding carboxylic acids is 2. The average Bonchev–Trinajstić information content (AvgIpc) is 2.05. The van der Waals surface area contributed by atoms with E-state index in [4.69, 9.17) is 0 Å². The second-order valence-corrected chi connectivity index (χ2v) is 2.54. The zero-order chi connectivity index (χ0) is 10.1. The molecule has 0 rings (SSSR count). The molecule has 0 aliphatic rings. The first kappa shape index (κ1) is 11.5. The molecule has 0 aliphatic heterocycles. The molecule has 0 saturated heterocycles. The molecule has 0 bridgehead atoms. The fourth-order valence-electron chi connectivity index (χ4n) is 0.794. The second-order valence-electron chi connectivity index (χ2n) is 2.54. The molecule has 0 aromatic rings. The number of nitroso groups, excluding NO2 is 1. The Morgan fingerprint density at radius 2 is 2.00 bits per heavy atom. The van der Waals surface area contributed by atoms with Gasteiger partial charge in [-0.05, 0) is 6.42 Å². The zero-order valence-electron chi connectivity index (χ0n) is 7.50. The molecule has 3 amide bonds. The van der Waals surface area contributed by atoms with Gasteiger partial charge in [0.15, 0.2) is 0 Å². The number of amides is 3. The van der Waals surface area contributed by atoms with Gasteiger partial charge in [0.25, 0.3) is 0 Å². The maximum Gasteiger partial charge on any atom is 0.344 e. The molecule has 2 N–H and O–H groups in total. The Kier molecular flexibility index (Phi) is 6.39. The molecule has 0 atom stereocenters. The minimum atomic E-state index is -0.878. The Labute approximate surface area is 76.0 Å². The van der Waals surface area contributed by atoms with Gasteiger partial charge in [0.1, 0.15) is 0 Å². The lowest BCUT2D eigenvalue weighted by Gasteiger charge is -2.00. The van der Waals surface area contributed by atoms with Crippen LogP contribution in [0.25, 0.3) is 0 Å². The molecule has 6 heteroatoms. The molecule has 0 heterocycles. The van der Waals surface area contributed by atoms with Gasteiger partial charge in [-0.1, -0.05) is 19.8 Å². The number of imide groups is 1. The molecular formula is C7H13N3O3. The van der Waals surface area contributed by atoms with E-state index >= 15 is 0 Å². The van der Waals surface area contributed by atoms with Gasteiger partial charge in [-0.25, -0.2) is 4.79 Å². The number of nitrogens with zero attached hydrogens (tertiary/aromatic N) is 1. The number of hydrogen-bond donors (Lipinski definition) is 2. The third-order valence-electron chi connectivity index (χ3n) is 1.41. The maximum absolute atomic E-state index is 10.9. The normalized spacial score (nSPS) is 9.00. The largest absolute Gasteiger partial charge is 0.344 e. The van der Waals surface area contributed by atoms with E-state index in [0.717, 1.165) is 19.3 Å². The van der Waals surface area contributed by atoms with Crippen molar-refractivity contribution in [3.05, 3.63) is 4.91 Å². The predicted octanol–water partition coefficient (Wildman–Crippen LogP) is 1.07. The first-order chi connectivity index (χ1) is 6.20. The standard InChI is InChI=1S/C7H13N3O3/c1-2-3-4-5-6(11)8-7(12)9-10-13/h2-5H2,1H3,(H2,8,9,11,12,13). The van der Waals surface area contributed by atoms with E-state index in [0.29, 0.717) is 6.42 Å². The number of nitrogens with one attached hydrogen (secondary N) is 2. The summed E-state index contributed by atoms with van der Waals surface area (Å²) >= 11 is 0. The highest BCUT2D eigenvalue weighted by Gasteiger charge is 2.05. The minimum Gasteiger partial charge on any atom is -0.277 e. The quantitative estimate of drug-likeness (QED) is 0.383. The van der Waals surface area contributed by atoms with Crippen molar-refractivity contribution < 1.29 is 9.59 Å². The van der Waals surface area contributed by atoms with E-state index in [9.17, 15) is 14.5 Å². The van der Waals surface area contributed by atoms with Gasteiger partial charge >= 0.3 is 6.03 Å². The Morgan fingerprint density at radius 1 is 1.31 bits per heavy atom. The van der Waals surface area contributed by atoms with Crippen molar-refractivity contribution in [3.63, 3.8) is 0 Å². The third kappa shape index (κ3) is 6.92. The molecule has 0 aliphatic carbocycles. The molecule has 0 aromatic carbocycles. The summed E-state index contributed by atoms with van der Waals surface area (Å²) in [5.74, 6) is -0.394. The van der Waals surface area contributed by atoms with E-state index in [1.165, 1.54) is 0 Å². The summed E-state index contributed by atoms with van der Waals surface area (Å²) in [7, 11) is 0. The van der Waals surface area contributed by atoms with Gasteiger partial charge in [-0.15, -0.1) is 4.91 Å². The highest BCUT2D eigenvalue weighted by atomic mass is 16.3. The van der Waals surface area contributed by atoms with Crippen LogP contribution >= 0.6 is 0 Å². The van der Waals surface area contributed by atoms with Crippen LogP contribution in [0.2, 0.25) is 0 Å². The molecule has 0 aromatic heterocycles. The first-order valence-corrected chi connectivity index (χ1v) is 4.13.